The predicted molar refractivity (Wildman–Crippen MR) is 100 cm³/mol. The van der Waals surface area contributed by atoms with E-state index in [1.807, 2.05) is 0 Å². The highest BCUT2D eigenvalue weighted by molar-refractivity contribution is 5.97. The molecule has 0 radical (unpaired) electrons. The zero-order valence-corrected chi connectivity index (χ0v) is 15.2. The van der Waals surface area contributed by atoms with E-state index < -0.39 is 17.8 Å². The summed E-state index contributed by atoms with van der Waals surface area (Å²) >= 11 is 0. The van der Waals surface area contributed by atoms with Crippen LogP contribution in [0.5, 0.6) is 5.75 Å². The lowest BCUT2D eigenvalue weighted by molar-refractivity contribution is -0.122. The van der Waals surface area contributed by atoms with Gasteiger partial charge in [0.05, 0.1) is 6.61 Å². The molecule has 0 aromatic heterocycles. The van der Waals surface area contributed by atoms with Crippen LogP contribution in [-0.4, -0.2) is 35.7 Å². The van der Waals surface area contributed by atoms with E-state index in [0.29, 0.717) is 17.7 Å². The maximum atomic E-state index is 13.7. The van der Waals surface area contributed by atoms with Crippen LogP contribution in [0.1, 0.15) is 30.6 Å². The van der Waals surface area contributed by atoms with Crippen molar-refractivity contribution < 1.29 is 23.8 Å². The summed E-state index contributed by atoms with van der Waals surface area (Å²) in [7, 11) is 0. The average molecular weight is 374 g/mol. The van der Waals surface area contributed by atoms with Crippen LogP contribution < -0.4 is 15.4 Å². The van der Waals surface area contributed by atoms with Crippen LogP contribution in [0.2, 0.25) is 0 Å². The Kier molecular flexibility index (Phi) is 7.31. The van der Waals surface area contributed by atoms with Crippen molar-refractivity contribution in [3.05, 3.63) is 59.9 Å². The Morgan fingerprint density at radius 2 is 1.81 bits per heavy atom. The molecule has 0 bridgehead atoms. The molecule has 2 atom stereocenters. The third kappa shape index (κ3) is 5.79. The third-order valence-corrected chi connectivity index (χ3v) is 3.84. The first-order valence-electron chi connectivity index (χ1n) is 8.68. The van der Waals surface area contributed by atoms with Gasteiger partial charge in [-0.3, -0.25) is 9.59 Å². The fourth-order valence-corrected chi connectivity index (χ4v) is 2.30. The molecule has 0 saturated carbocycles. The molecule has 0 aliphatic rings. The molecule has 2 rings (SSSR count). The Bertz CT molecular complexity index is 780. The van der Waals surface area contributed by atoms with Gasteiger partial charge in [0.1, 0.15) is 0 Å². The van der Waals surface area contributed by atoms with Gasteiger partial charge >= 0.3 is 0 Å². The summed E-state index contributed by atoms with van der Waals surface area (Å²) in [5.41, 5.74) is 0.894. The molecule has 2 aromatic carbocycles. The molecule has 6 nitrogen and oxygen atoms in total. The fourth-order valence-electron chi connectivity index (χ4n) is 2.30. The maximum Gasteiger partial charge on any atom is 0.265 e. The minimum Gasteiger partial charge on any atom is -0.478 e. The Labute approximate surface area is 157 Å². The normalized spacial score (nSPS) is 12.7. The van der Waals surface area contributed by atoms with E-state index >= 15 is 0 Å². The predicted octanol–water partition coefficient (Wildman–Crippen LogP) is 2.73. The minimum absolute atomic E-state index is 0.0181. The van der Waals surface area contributed by atoms with Crippen molar-refractivity contribution >= 4 is 17.5 Å². The number of anilines is 1. The van der Waals surface area contributed by atoms with Gasteiger partial charge in [-0.05, 0) is 49.7 Å². The van der Waals surface area contributed by atoms with Crippen LogP contribution in [-0.2, 0) is 4.79 Å². The molecule has 0 fully saturated rings. The Balaban J connectivity index is 1.99. The molecule has 0 heterocycles. The molecule has 0 aliphatic carbocycles. The highest BCUT2D eigenvalue weighted by Gasteiger charge is 2.20. The topological polar surface area (TPSA) is 87.7 Å². The van der Waals surface area contributed by atoms with Gasteiger partial charge in [-0.2, -0.15) is 0 Å². The standard InChI is InChI=1S/C20H23FN2O4/c1-3-17(27-18-7-5-4-6-16(18)21)20(26)23-15-10-8-14(9-11-15)19(25)22-13(2)12-24/h4-11,13,17,24H,3,12H2,1-2H3,(H,22,25)(H,23,26)/t13-,17-/m0/s1. The third-order valence-electron chi connectivity index (χ3n) is 3.84. The number of ether oxygens (including phenoxy) is 1. The van der Waals surface area contributed by atoms with Gasteiger partial charge in [0.2, 0.25) is 0 Å². The molecule has 0 aliphatic heterocycles. The number of hydrogen-bond donors (Lipinski definition) is 3. The van der Waals surface area contributed by atoms with E-state index in [4.69, 9.17) is 9.84 Å². The first-order chi connectivity index (χ1) is 12.9. The van der Waals surface area contributed by atoms with Crippen LogP contribution in [0, 0.1) is 5.82 Å². The molecule has 0 unspecified atom stereocenters. The summed E-state index contributed by atoms with van der Waals surface area (Å²) in [6, 6.07) is 11.9. The number of para-hydroxylation sites is 1. The Morgan fingerprint density at radius 3 is 2.41 bits per heavy atom. The smallest absolute Gasteiger partial charge is 0.265 e. The summed E-state index contributed by atoms with van der Waals surface area (Å²) in [4.78, 5) is 24.4. The second kappa shape index (κ2) is 9.68. The largest absolute Gasteiger partial charge is 0.478 e. The summed E-state index contributed by atoms with van der Waals surface area (Å²) in [6.07, 6.45) is -0.491. The lowest BCUT2D eigenvalue weighted by Crippen LogP contribution is -2.35. The van der Waals surface area contributed by atoms with Gasteiger partial charge in [-0.1, -0.05) is 19.1 Å². The minimum atomic E-state index is -0.852. The van der Waals surface area contributed by atoms with E-state index in [-0.39, 0.29) is 24.3 Å². The second-order valence-corrected chi connectivity index (χ2v) is 6.07. The number of carbonyl (C=O) groups is 2. The number of halogens is 1. The summed E-state index contributed by atoms with van der Waals surface area (Å²) in [5, 5.41) is 14.3. The van der Waals surface area contributed by atoms with E-state index in [1.165, 1.54) is 12.1 Å². The lowest BCUT2D eigenvalue weighted by atomic mass is 10.1. The summed E-state index contributed by atoms with van der Waals surface area (Å²) < 4.78 is 19.2. The molecule has 2 aromatic rings. The van der Waals surface area contributed by atoms with Crippen molar-refractivity contribution in [2.75, 3.05) is 11.9 Å². The monoisotopic (exact) mass is 374 g/mol. The molecule has 0 spiro atoms. The maximum absolute atomic E-state index is 13.7. The molecule has 144 valence electrons. The second-order valence-electron chi connectivity index (χ2n) is 6.07. The van der Waals surface area contributed by atoms with Gasteiger partial charge in [0.25, 0.3) is 11.8 Å². The van der Waals surface area contributed by atoms with E-state index in [1.54, 1.807) is 50.2 Å². The number of nitrogens with one attached hydrogen (secondary N) is 2. The van der Waals surface area contributed by atoms with Crippen molar-refractivity contribution in [2.45, 2.75) is 32.4 Å². The molecule has 27 heavy (non-hydrogen) atoms. The van der Waals surface area contributed by atoms with Crippen LogP contribution in [0.3, 0.4) is 0 Å². The number of amides is 2. The van der Waals surface area contributed by atoms with Gasteiger partial charge in [0, 0.05) is 17.3 Å². The van der Waals surface area contributed by atoms with E-state index in [0.717, 1.165) is 0 Å². The number of carbonyl (C=O) groups excluding carboxylic acids is 2. The number of benzene rings is 2. The zero-order chi connectivity index (χ0) is 19.8. The molecule has 3 N–H and O–H groups in total. The van der Waals surface area contributed by atoms with Gasteiger partial charge < -0.3 is 20.5 Å². The number of hydrogen-bond acceptors (Lipinski definition) is 4. The van der Waals surface area contributed by atoms with Gasteiger partial charge in [-0.25, -0.2) is 4.39 Å². The fraction of sp³-hybridized carbons (Fsp3) is 0.300. The van der Waals surface area contributed by atoms with Gasteiger partial charge in [0.15, 0.2) is 17.7 Å². The van der Waals surface area contributed by atoms with Crippen LogP contribution in [0.25, 0.3) is 0 Å². The van der Waals surface area contributed by atoms with Crippen molar-refractivity contribution in [1.29, 1.82) is 0 Å². The highest BCUT2D eigenvalue weighted by Crippen LogP contribution is 2.19. The van der Waals surface area contributed by atoms with E-state index in [2.05, 4.69) is 10.6 Å². The molecule has 2 amide bonds. The quantitative estimate of drug-likeness (QED) is 0.663. The van der Waals surface area contributed by atoms with Crippen LogP contribution in [0.15, 0.2) is 48.5 Å². The number of aliphatic hydroxyl groups is 1. The average Bonchev–Trinajstić information content (AvgIpc) is 2.67. The zero-order valence-electron chi connectivity index (χ0n) is 15.2. The van der Waals surface area contributed by atoms with Crippen molar-refractivity contribution in [3.63, 3.8) is 0 Å². The Hall–Kier alpha value is -2.93. The molecule has 0 saturated heterocycles. The lowest BCUT2D eigenvalue weighted by Gasteiger charge is -2.18. The van der Waals surface area contributed by atoms with Crippen molar-refractivity contribution in [2.24, 2.45) is 0 Å². The summed E-state index contributed by atoms with van der Waals surface area (Å²) in [6.45, 7) is 3.30. The number of aliphatic hydroxyl groups excluding tert-OH is 1. The van der Waals surface area contributed by atoms with Crippen molar-refractivity contribution in [3.8, 4) is 5.75 Å². The molecular weight excluding hydrogens is 351 g/mol. The SMILES string of the molecule is CC[C@H](Oc1ccccc1F)C(=O)Nc1ccc(C(=O)N[C@@H](C)CO)cc1. The first-order valence-corrected chi connectivity index (χ1v) is 8.68. The van der Waals surface area contributed by atoms with Gasteiger partial charge in [-0.15, -0.1) is 0 Å². The Morgan fingerprint density at radius 1 is 1.15 bits per heavy atom. The van der Waals surface area contributed by atoms with Crippen LogP contribution >= 0.6 is 0 Å². The number of rotatable bonds is 8. The molecular formula is C20H23FN2O4. The summed E-state index contributed by atoms with van der Waals surface area (Å²) in [5.74, 6) is -1.24. The first kappa shape index (κ1) is 20.4. The molecule has 7 heteroatoms. The highest BCUT2D eigenvalue weighted by atomic mass is 19.1. The van der Waals surface area contributed by atoms with Crippen molar-refractivity contribution in [1.82, 2.24) is 5.32 Å². The van der Waals surface area contributed by atoms with E-state index in [9.17, 15) is 14.0 Å². The van der Waals surface area contributed by atoms with Crippen LogP contribution in [0.4, 0.5) is 10.1 Å².